The highest BCUT2D eigenvalue weighted by atomic mass is 16.3. The molecule has 0 bridgehead atoms. The van der Waals surface area contributed by atoms with Crippen molar-refractivity contribution >= 4 is 0 Å². The van der Waals surface area contributed by atoms with Crippen LogP contribution in [-0.2, 0) is 19.5 Å². The van der Waals surface area contributed by atoms with Gasteiger partial charge in [-0.2, -0.15) is 5.10 Å². The molecular formula is C21H24N4O. The van der Waals surface area contributed by atoms with E-state index in [-0.39, 0.29) is 12.0 Å². The van der Waals surface area contributed by atoms with E-state index < -0.39 is 0 Å². The molecule has 0 amide bonds. The molecule has 2 atom stereocenters. The van der Waals surface area contributed by atoms with E-state index in [0.29, 0.717) is 0 Å². The van der Waals surface area contributed by atoms with Crippen LogP contribution in [0.5, 0.6) is 0 Å². The van der Waals surface area contributed by atoms with Gasteiger partial charge >= 0.3 is 0 Å². The third-order valence-electron chi connectivity index (χ3n) is 5.06. The molecule has 1 saturated heterocycles. The van der Waals surface area contributed by atoms with Crippen molar-refractivity contribution in [3.63, 3.8) is 0 Å². The van der Waals surface area contributed by atoms with Crippen LogP contribution in [0.4, 0.5) is 0 Å². The Morgan fingerprint density at radius 1 is 0.885 bits per heavy atom. The minimum Gasteiger partial charge on any atom is -0.391 e. The first-order chi connectivity index (χ1) is 12.8. The number of aliphatic hydroxyl groups excluding tert-OH is 1. The zero-order valence-electron chi connectivity index (χ0n) is 14.8. The largest absolute Gasteiger partial charge is 0.391 e. The summed E-state index contributed by atoms with van der Waals surface area (Å²) in [6.45, 7) is 3.35. The van der Waals surface area contributed by atoms with Crippen LogP contribution in [0.3, 0.4) is 0 Å². The smallest absolute Gasteiger partial charge is 0.0710 e. The molecule has 1 aliphatic rings. The Labute approximate surface area is 153 Å². The molecule has 0 radical (unpaired) electrons. The molecule has 1 aromatic carbocycles. The molecule has 1 fully saturated rings. The molecular weight excluding hydrogens is 324 g/mol. The predicted octanol–water partition coefficient (Wildman–Crippen LogP) is 2.36. The van der Waals surface area contributed by atoms with Gasteiger partial charge in [0.25, 0.3) is 0 Å². The lowest BCUT2D eigenvalue weighted by Gasteiger charge is -2.16. The summed E-state index contributed by atoms with van der Waals surface area (Å²) in [5.74, 6) is 0.288. The van der Waals surface area contributed by atoms with E-state index >= 15 is 0 Å². The van der Waals surface area contributed by atoms with Crippen molar-refractivity contribution < 1.29 is 5.11 Å². The van der Waals surface area contributed by atoms with Gasteiger partial charge in [0.1, 0.15) is 0 Å². The Hall–Kier alpha value is -2.50. The van der Waals surface area contributed by atoms with Gasteiger partial charge in [-0.15, -0.1) is 0 Å². The number of benzene rings is 1. The zero-order valence-corrected chi connectivity index (χ0v) is 14.8. The van der Waals surface area contributed by atoms with Crippen molar-refractivity contribution in [1.82, 2.24) is 19.7 Å². The lowest BCUT2D eigenvalue weighted by Crippen LogP contribution is -2.21. The maximum Gasteiger partial charge on any atom is 0.0710 e. The van der Waals surface area contributed by atoms with Crippen LogP contribution in [0.1, 0.15) is 16.7 Å². The molecule has 0 unspecified atom stereocenters. The number of hydrogen-bond donors (Lipinski definition) is 1. The summed E-state index contributed by atoms with van der Waals surface area (Å²) >= 11 is 0. The molecule has 1 aliphatic heterocycles. The average Bonchev–Trinajstić information content (AvgIpc) is 3.28. The van der Waals surface area contributed by atoms with Gasteiger partial charge < -0.3 is 5.11 Å². The van der Waals surface area contributed by atoms with Gasteiger partial charge in [-0.25, -0.2) is 0 Å². The first-order valence-electron chi connectivity index (χ1n) is 9.11. The van der Waals surface area contributed by atoms with Crippen molar-refractivity contribution in [2.75, 3.05) is 13.1 Å². The molecule has 4 rings (SSSR count). The second-order valence-electron chi connectivity index (χ2n) is 7.10. The third kappa shape index (κ3) is 4.18. The molecule has 5 nitrogen and oxygen atoms in total. The van der Waals surface area contributed by atoms with Crippen LogP contribution >= 0.6 is 0 Å². The lowest BCUT2D eigenvalue weighted by molar-refractivity contribution is 0.141. The highest BCUT2D eigenvalue weighted by Crippen LogP contribution is 2.23. The fraction of sp³-hybridized carbons (Fsp3) is 0.333. The number of nitrogens with zero attached hydrogens (tertiary/aromatic N) is 4. The SMILES string of the molecule is O[C@H]1CN(Cc2ccc(Cn3cccn3)cc2)C[C@H]1Cc1ccncc1. The summed E-state index contributed by atoms with van der Waals surface area (Å²) in [5, 5.41) is 14.7. The van der Waals surface area contributed by atoms with Gasteiger partial charge in [0.15, 0.2) is 0 Å². The maximum atomic E-state index is 10.4. The van der Waals surface area contributed by atoms with Crippen LogP contribution in [0.15, 0.2) is 67.3 Å². The quantitative estimate of drug-likeness (QED) is 0.743. The molecule has 134 valence electrons. The van der Waals surface area contributed by atoms with E-state index in [2.05, 4.69) is 39.2 Å². The molecule has 5 heteroatoms. The minimum absolute atomic E-state index is 0.262. The minimum atomic E-state index is -0.262. The van der Waals surface area contributed by atoms with Gasteiger partial charge in [0.2, 0.25) is 0 Å². The van der Waals surface area contributed by atoms with Gasteiger partial charge in [0.05, 0.1) is 12.6 Å². The summed E-state index contributed by atoms with van der Waals surface area (Å²) in [7, 11) is 0. The summed E-state index contributed by atoms with van der Waals surface area (Å²) in [6, 6.07) is 14.7. The fourth-order valence-electron chi connectivity index (χ4n) is 3.68. The Bertz CT molecular complexity index is 802. The molecule has 2 aromatic heterocycles. The van der Waals surface area contributed by atoms with Crippen LogP contribution in [0.2, 0.25) is 0 Å². The number of aliphatic hydroxyl groups is 1. The van der Waals surface area contributed by atoms with Gasteiger partial charge in [-0.1, -0.05) is 24.3 Å². The number of pyridine rings is 1. The standard InChI is InChI=1S/C21H24N4O/c26-21-16-24(15-20(21)12-17-6-9-22-10-7-17)13-18-2-4-19(5-3-18)14-25-11-1-8-23-25/h1-11,20-21,26H,12-16H2/t20-,21+/m1/s1. The van der Waals surface area contributed by atoms with Crippen LogP contribution in [-0.4, -0.2) is 44.0 Å². The van der Waals surface area contributed by atoms with Crippen molar-refractivity contribution in [3.05, 3.63) is 83.9 Å². The monoisotopic (exact) mass is 348 g/mol. The van der Waals surface area contributed by atoms with E-state index in [1.807, 2.05) is 41.5 Å². The van der Waals surface area contributed by atoms with Gasteiger partial charge in [-0.3, -0.25) is 14.6 Å². The predicted molar refractivity (Wildman–Crippen MR) is 100 cm³/mol. The van der Waals surface area contributed by atoms with E-state index in [0.717, 1.165) is 32.6 Å². The third-order valence-corrected chi connectivity index (χ3v) is 5.06. The Morgan fingerprint density at radius 2 is 1.62 bits per heavy atom. The van der Waals surface area contributed by atoms with E-state index in [1.54, 1.807) is 6.20 Å². The van der Waals surface area contributed by atoms with Crippen LogP contribution < -0.4 is 0 Å². The van der Waals surface area contributed by atoms with E-state index in [1.165, 1.54) is 16.7 Å². The highest BCUT2D eigenvalue weighted by Gasteiger charge is 2.31. The number of hydrogen-bond acceptors (Lipinski definition) is 4. The van der Waals surface area contributed by atoms with E-state index in [4.69, 9.17) is 0 Å². The Morgan fingerprint density at radius 3 is 2.31 bits per heavy atom. The first-order valence-corrected chi connectivity index (χ1v) is 9.11. The summed E-state index contributed by atoms with van der Waals surface area (Å²) in [6.07, 6.45) is 8.06. The molecule has 3 heterocycles. The molecule has 0 aliphatic carbocycles. The topological polar surface area (TPSA) is 54.2 Å². The second-order valence-corrected chi connectivity index (χ2v) is 7.10. The molecule has 0 saturated carbocycles. The summed E-state index contributed by atoms with van der Waals surface area (Å²) in [4.78, 5) is 6.41. The van der Waals surface area contributed by atoms with Gasteiger partial charge in [0, 0.05) is 50.3 Å². The number of rotatable bonds is 6. The number of β-amino-alcohol motifs (C(OH)–C–C–N with tert-alkyl or cyclic N) is 1. The zero-order chi connectivity index (χ0) is 17.8. The van der Waals surface area contributed by atoms with Gasteiger partial charge in [-0.05, 0) is 41.3 Å². The first kappa shape index (κ1) is 16.9. The number of aromatic nitrogens is 3. The van der Waals surface area contributed by atoms with Crippen molar-refractivity contribution in [1.29, 1.82) is 0 Å². The number of likely N-dealkylation sites (tertiary alicyclic amines) is 1. The van der Waals surface area contributed by atoms with Crippen LogP contribution in [0, 0.1) is 5.92 Å². The molecule has 0 spiro atoms. The van der Waals surface area contributed by atoms with Crippen LogP contribution in [0.25, 0.3) is 0 Å². The molecule has 3 aromatic rings. The van der Waals surface area contributed by atoms with Crippen molar-refractivity contribution in [3.8, 4) is 0 Å². The molecule has 1 N–H and O–H groups in total. The van der Waals surface area contributed by atoms with Crippen molar-refractivity contribution in [2.45, 2.75) is 25.6 Å². The van der Waals surface area contributed by atoms with E-state index in [9.17, 15) is 5.11 Å². The van der Waals surface area contributed by atoms with Crippen molar-refractivity contribution in [2.24, 2.45) is 5.92 Å². The average molecular weight is 348 g/mol. The maximum absolute atomic E-state index is 10.4. The normalized spacial score (nSPS) is 20.5. The fourth-order valence-corrected chi connectivity index (χ4v) is 3.68. The Balaban J connectivity index is 1.33. The molecule has 26 heavy (non-hydrogen) atoms. The summed E-state index contributed by atoms with van der Waals surface area (Å²) < 4.78 is 1.93. The Kier molecular flexibility index (Phi) is 5.09. The lowest BCUT2D eigenvalue weighted by atomic mass is 9.97. The summed E-state index contributed by atoms with van der Waals surface area (Å²) in [5.41, 5.74) is 3.77. The second kappa shape index (κ2) is 7.81. The highest BCUT2D eigenvalue weighted by molar-refractivity contribution is 5.23.